The molecule has 2 nitrogen and oxygen atoms in total. The van der Waals surface area contributed by atoms with Crippen LogP contribution in [-0.4, -0.2) is 5.97 Å². The van der Waals surface area contributed by atoms with E-state index in [1.807, 2.05) is 36.4 Å². The monoisotopic (exact) mass is 288 g/mol. The van der Waals surface area contributed by atoms with Crippen LogP contribution in [0.5, 0.6) is 0 Å². The van der Waals surface area contributed by atoms with Crippen LogP contribution in [0.3, 0.4) is 0 Å². The van der Waals surface area contributed by atoms with Crippen molar-refractivity contribution in [1.82, 2.24) is 0 Å². The topological polar surface area (TPSA) is 26.3 Å². The van der Waals surface area contributed by atoms with Gasteiger partial charge in [-0.2, -0.15) is 0 Å². The summed E-state index contributed by atoms with van der Waals surface area (Å²) in [4.78, 5) is 12.3. The second kappa shape index (κ2) is 5.30. The predicted octanol–water partition coefficient (Wildman–Crippen LogP) is 4.22. The molecule has 0 N–H and O–H groups in total. The van der Waals surface area contributed by atoms with Gasteiger partial charge in [-0.1, -0.05) is 66.7 Å². The number of carbonyl (C=O) groups excluding carboxylic acids is 1. The van der Waals surface area contributed by atoms with Gasteiger partial charge in [0, 0.05) is 0 Å². The van der Waals surface area contributed by atoms with E-state index >= 15 is 0 Å². The Hall–Kier alpha value is -2.61. The lowest BCUT2D eigenvalue weighted by Gasteiger charge is -2.25. The first kappa shape index (κ1) is 13.1. The van der Waals surface area contributed by atoms with Crippen LogP contribution in [-0.2, 0) is 22.6 Å². The van der Waals surface area contributed by atoms with Crippen LogP contribution in [0.2, 0.25) is 0 Å². The number of hydrogen-bond acceptors (Lipinski definition) is 2. The zero-order valence-electron chi connectivity index (χ0n) is 12.2. The Morgan fingerprint density at radius 3 is 2.64 bits per heavy atom. The number of ether oxygens (including phenoxy) is 1. The average Bonchev–Trinajstić information content (AvgIpc) is 2.58. The predicted molar refractivity (Wildman–Crippen MR) is 86.6 cm³/mol. The van der Waals surface area contributed by atoms with Gasteiger partial charge in [-0.05, 0) is 33.9 Å². The van der Waals surface area contributed by atoms with E-state index in [1.54, 1.807) is 0 Å². The molecule has 1 aliphatic heterocycles. The fourth-order valence-corrected chi connectivity index (χ4v) is 3.27. The lowest BCUT2D eigenvalue weighted by Crippen LogP contribution is -2.24. The van der Waals surface area contributed by atoms with E-state index in [-0.39, 0.29) is 11.9 Å². The number of hydrogen-bond donors (Lipinski definition) is 0. The molecule has 108 valence electrons. The van der Waals surface area contributed by atoms with Gasteiger partial charge < -0.3 is 4.74 Å². The highest BCUT2D eigenvalue weighted by Gasteiger charge is 2.29. The van der Waals surface area contributed by atoms with Crippen molar-refractivity contribution >= 4 is 16.7 Å². The molecule has 0 amide bonds. The van der Waals surface area contributed by atoms with Gasteiger partial charge in [-0.15, -0.1) is 0 Å². The van der Waals surface area contributed by atoms with Crippen molar-refractivity contribution in [3.05, 3.63) is 83.4 Å². The average molecular weight is 288 g/mol. The minimum atomic E-state index is -0.212. The Morgan fingerprint density at radius 2 is 1.68 bits per heavy atom. The summed E-state index contributed by atoms with van der Waals surface area (Å²) in [5.41, 5.74) is 3.41. The molecule has 1 aliphatic rings. The quantitative estimate of drug-likeness (QED) is 0.660. The molecule has 2 heteroatoms. The summed E-state index contributed by atoms with van der Waals surface area (Å²) in [6.07, 6.45) is 0.678. The Morgan fingerprint density at radius 1 is 0.909 bits per heavy atom. The molecule has 0 aromatic heterocycles. The first-order valence-corrected chi connectivity index (χ1v) is 7.54. The summed E-state index contributed by atoms with van der Waals surface area (Å²) in [7, 11) is 0. The number of cyclic esters (lactones) is 1. The molecule has 22 heavy (non-hydrogen) atoms. The van der Waals surface area contributed by atoms with E-state index in [4.69, 9.17) is 4.74 Å². The van der Waals surface area contributed by atoms with Crippen molar-refractivity contribution in [2.45, 2.75) is 18.9 Å². The molecule has 0 saturated heterocycles. The van der Waals surface area contributed by atoms with Gasteiger partial charge in [0.25, 0.3) is 0 Å². The zero-order valence-corrected chi connectivity index (χ0v) is 12.2. The van der Waals surface area contributed by atoms with Crippen LogP contribution in [0, 0.1) is 0 Å². The van der Waals surface area contributed by atoms with Crippen molar-refractivity contribution in [1.29, 1.82) is 0 Å². The molecule has 1 unspecified atom stereocenters. The lowest BCUT2D eigenvalue weighted by molar-refractivity contribution is -0.148. The second-order valence-corrected chi connectivity index (χ2v) is 5.70. The molecule has 3 aromatic rings. The fraction of sp³-hybridized carbons (Fsp3) is 0.150. The molecule has 4 rings (SSSR count). The second-order valence-electron chi connectivity index (χ2n) is 5.70. The van der Waals surface area contributed by atoms with E-state index in [0.717, 1.165) is 11.1 Å². The van der Waals surface area contributed by atoms with Gasteiger partial charge >= 0.3 is 5.97 Å². The lowest BCUT2D eigenvalue weighted by atomic mass is 9.86. The minimum absolute atomic E-state index is 0.119. The standard InChI is InChI=1S/C20H16O2/c21-20-19(18-11-4-2-7-16(18)13-22-20)12-15-9-5-8-14-6-1-3-10-17(14)15/h1-11,19H,12-13H2. The highest BCUT2D eigenvalue weighted by molar-refractivity contribution is 5.87. The van der Waals surface area contributed by atoms with Gasteiger partial charge in [0.05, 0.1) is 5.92 Å². The van der Waals surface area contributed by atoms with Crippen LogP contribution in [0.4, 0.5) is 0 Å². The van der Waals surface area contributed by atoms with Crippen molar-refractivity contribution in [3.8, 4) is 0 Å². The first-order chi connectivity index (χ1) is 10.8. The summed E-state index contributed by atoms with van der Waals surface area (Å²) < 4.78 is 5.36. The highest BCUT2D eigenvalue weighted by atomic mass is 16.5. The molecule has 0 fully saturated rings. The van der Waals surface area contributed by atoms with Crippen molar-refractivity contribution < 1.29 is 9.53 Å². The first-order valence-electron chi connectivity index (χ1n) is 7.54. The highest BCUT2D eigenvalue weighted by Crippen LogP contribution is 2.32. The Kier molecular flexibility index (Phi) is 3.15. The number of benzene rings is 3. The Labute approximate surface area is 129 Å². The maximum atomic E-state index is 12.3. The third-order valence-corrected chi connectivity index (χ3v) is 4.39. The van der Waals surface area contributed by atoms with Crippen molar-refractivity contribution in [2.24, 2.45) is 0 Å². The summed E-state index contributed by atoms with van der Waals surface area (Å²) >= 11 is 0. The largest absolute Gasteiger partial charge is 0.460 e. The van der Waals surface area contributed by atoms with Gasteiger partial charge in [-0.3, -0.25) is 4.79 Å². The summed E-state index contributed by atoms with van der Waals surface area (Å²) in [5.74, 6) is -0.331. The number of fused-ring (bicyclic) bond motifs is 2. The summed E-state index contributed by atoms with van der Waals surface area (Å²) in [5, 5.41) is 2.42. The molecule has 0 aliphatic carbocycles. The number of rotatable bonds is 2. The van der Waals surface area contributed by atoms with Gasteiger partial charge in [0.2, 0.25) is 0 Å². The summed E-state index contributed by atoms with van der Waals surface area (Å²) in [6, 6.07) is 22.6. The molecule has 0 bridgehead atoms. The Balaban J connectivity index is 1.78. The van der Waals surface area contributed by atoms with Crippen LogP contribution < -0.4 is 0 Å². The molecular weight excluding hydrogens is 272 g/mol. The molecular formula is C20H16O2. The van der Waals surface area contributed by atoms with Gasteiger partial charge in [0.15, 0.2) is 0 Å². The van der Waals surface area contributed by atoms with Crippen LogP contribution >= 0.6 is 0 Å². The normalized spacial score (nSPS) is 17.1. The van der Waals surface area contributed by atoms with Crippen LogP contribution in [0.25, 0.3) is 10.8 Å². The molecule has 3 aromatic carbocycles. The molecule has 1 heterocycles. The third kappa shape index (κ3) is 2.17. The van der Waals surface area contributed by atoms with E-state index in [2.05, 4.69) is 30.3 Å². The van der Waals surface area contributed by atoms with Crippen molar-refractivity contribution in [2.75, 3.05) is 0 Å². The van der Waals surface area contributed by atoms with Gasteiger partial charge in [0.1, 0.15) is 6.61 Å². The van der Waals surface area contributed by atoms with Gasteiger partial charge in [-0.25, -0.2) is 0 Å². The molecule has 1 atom stereocenters. The zero-order chi connectivity index (χ0) is 14.9. The molecule has 0 spiro atoms. The SMILES string of the molecule is O=C1OCc2ccccc2C1Cc1cccc2ccccc12. The molecule has 0 saturated carbocycles. The van der Waals surface area contributed by atoms with E-state index in [9.17, 15) is 4.79 Å². The van der Waals surface area contributed by atoms with Crippen LogP contribution in [0.1, 0.15) is 22.6 Å². The number of carbonyl (C=O) groups is 1. The molecule has 0 radical (unpaired) electrons. The minimum Gasteiger partial charge on any atom is -0.460 e. The maximum absolute atomic E-state index is 12.3. The summed E-state index contributed by atoms with van der Waals surface area (Å²) in [6.45, 7) is 0.390. The third-order valence-electron chi connectivity index (χ3n) is 4.39. The van der Waals surface area contributed by atoms with E-state index in [0.29, 0.717) is 13.0 Å². The maximum Gasteiger partial charge on any atom is 0.314 e. The smallest absolute Gasteiger partial charge is 0.314 e. The fourth-order valence-electron chi connectivity index (χ4n) is 3.27. The van der Waals surface area contributed by atoms with Crippen LogP contribution in [0.15, 0.2) is 66.7 Å². The van der Waals surface area contributed by atoms with Crippen molar-refractivity contribution in [3.63, 3.8) is 0 Å². The van der Waals surface area contributed by atoms with E-state index in [1.165, 1.54) is 16.3 Å². The van der Waals surface area contributed by atoms with E-state index < -0.39 is 0 Å². The number of esters is 1. The Bertz CT molecular complexity index is 846.